The SMILES string of the molecule is NCc1cccc(COC(C(F)(F)F)C(F)(F)F)n1. The smallest absolute Gasteiger partial charge is 0.354 e. The number of aromatic nitrogens is 1. The van der Waals surface area contributed by atoms with Crippen molar-refractivity contribution >= 4 is 0 Å². The lowest BCUT2D eigenvalue weighted by Crippen LogP contribution is -2.44. The van der Waals surface area contributed by atoms with Crippen LogP contribution in [0.5, 0.6) is 0 Å². The lowest BCUT2D eigenvalue weighted by molar-refractivity contribution is -0.324. The first-order valence-corrected chi connectivity index (χ1v) is 5.04. The minimum atomic E-state index is -5.52. The molecule has 19 heavy (non-hydrogen) atoms. The van der Waals surface area contributed by atoms with E-state index in [1.54, 1.807) is 0 Å². The zero-order valence-corrected chi connectivity index (χ0v) is 9.42. The molecule has 1 aromatic heterocycles. The van der Waals surface area contributed by atoms with Gasteiger partial charge in [0.15, 0.2) is 0 Å². The van der Waals surface area contributed by atoms with E-state index >= 15 is 0 Å². The highest BCUT2D eigenvalue weighted by Crippen LogP contribution is 2.36. The Bertz CT molecular complexity index is 403. The van der Waals surface area contributed by atoms with E-state index in [4.69, 9.17) is 5.73 Å². The predicted molar refractivity (Wildman–Crippen MR) is 52.8 cm³/mol. The van der Waals surface area contributed by atoms with Crippen LogP contribution < -0.4 is 5.73 Å². The summed E-state index contributed by atoms with van der Waals surface area (Å²) in [4.78, 5) is 3.74. The molecule has 0 aliphatic heterocycles. The first-order chi connectivity index (χ1) is 8.64. The highest BCUT2D eigenvalue weighted by atomic mass is 19.4. The van der Waals surface area contributed by atoms with Gasteiger partial charge >= 0.3 is 12.4 Å². The average Bonchev–Trinajstić information content (AvgIpc) is 2.26. The first kappa shape index (κ1) is 15.7. The average molecular weight is 288 g/mol. The third-order valence-corrected chi connectivity index (χ3v) is 2.07. The second-order valence-corrected chi connectivity index (χ2v) is 3.60. The van der Waals surface area contributed by atoms with Crippen molar-refractivity contribution in [2.45, 2.75) is 31.6 Å². The number of nitrogens with zero attached hydrogens (tertiary/aromatic N) is 1. The van der Waals surface area contributed by atoms with Crippen molar-refractivity contribution in [1.29, 1.82) is 0 Å². The summed E-state index contributed by atoms with van der Waals surface area (Å²) >= 11 is 0. The van der Waals surface area contributed by atoms with Crippen LogP contribution in [0.2, 0.25) is 0 Å². The van der Waals surface area contributed by atoms with Gasteiger partial charge in [0, 0.05) is 6.54 Å². The summed E-state index contributed by atoms with van der Waals surface area (Å²) in [6, 6.07) is 4.17. The fourth-order valence-electron chi connectivity index (χ4n) is 1.27. The van der Waals surface area contributed by atoms with Crippen LogP contribution in [0.1, 0.15) is 11.4 Å². The second-order valence-electron chi connectivity index (χ2n) is 3.60. The summed E-state index contributed by atoms with van der Waals surface area (Å²) in [6.45, 7) is -0.882. The fourth-order valence-corrected chi connectivity index (χ4v) is 1.27. The molecule has 0 bridgehead atoms. The Morgan fingerprint density at radius 3 is 2.05 bits per heavy atom. The molecule has 0 aliphatic carbocycles. The Kier molecular flexibility index (Phi) is 4.75. The molecule has 0 amide bonds. The van der Waals surface area contributed by atoms with E-state index in [1.165, 1.54) is 18.2 Å². The minimum Gasteiger partial charge on any atom is -0.354 e. The molecule has 0 spiro atoms. The van der Waals surface area contributed by atoms with Crippen LogP contribution in [0.25, 0.3) is 0 Å². The number of ether oxygens (including phenoxy) is 1. The van der Waals surface area contributed by atoms with Crippen molar-refractivity contribution in [3.05, 3.63) is 29.6 Å². The maximum atomic E-state index is 12.2. The van der Waals surface area contributed by atoms with E-state index in [2.05, 4.69) is 9.72 Å². The minimum absolute atomic E-state index is 0.0236. The molecule has 108 valence electrons. The highest BCUT2D eigenvalue weighted by Gasteiger charge is 2.57. The van der Waals surface area contributed by atoms with Gasteiger partial charge in [0.2, 0.25) is 6.10 Å². The van der Waals surface area contributed by atoms with Gasteiger partial charge in [0.25, 0.3) is 0 Å². The van der Waals surface area contributed by atoms with Gasteiger partial charge in [-0.05, 0) is 12.1 Å². The second kappa shape index (κ2) is 5.74. The van der Waals surface area contributed by atoms with Crippen molar-refractivity contribution in [2.75, 3.05) is 0 Å². The molecule has 0 aromatic carbocycles. The Hall–Kier alpha value is -1.35. The summed E-state index contributed by atoms with van der Waals surface area (Å²) in [7, 11) is 0. The van der Waals surface area contributed by atoms with Gasteiger partial charge in [-0.1, -0.05) is 6.07 Å². The standard InChI is InChI=1S/C10H10F6N2O/c11-9(12,13)8(10(14,15)16)19-5-7-3-1-2-6(4-17)18-7/h1-3,8H,4-5,17H2. The number of pyridine rings is 1. The predicted octanol–water partition coefficient (Wildman–Crippen LogP) is 2.55. The van der Waals surface area contributed by atoms with Gasteiger partial charge in [-0.3, -0.25) is 4.98 Å². The van der Waals surface area contributed by atoms with Crippen molar-refractivity contribution < 1.29 is 31.1 Å². The van der Waals surface area contributed by atoms with Crippen LogP contribution in [0.15, 0.2) is 18.2 Å². The van der Waals surface area contributed by atoms with Gasteiger partial charge in [-0.2, -0.15) is 26.3 Å². The van der Waals surface area contributed by atoms with Crippen molar-refractivity contribution in [1.82, 2.24) is 4.98 Å². The summed E-state index contributed by atoms with van der Waals surface area (Å²) in [5.74, 6) is 0. The number of hydrogen-bond acceptors (Lipinski definition) is 3. The molecule has 0 radical (unpaired) electrons. The lowest BCUT2D eigenvalue weighted by atomic mass is 10.3. The summed E-state index contributed by atoms with van der Waals surface area (Å²) in [5, 5.41) is 0. The quantitative estimate of drug-likeness (QED) is 0.866. The Labute approximate surface area is 104 Å². The van der Waals surface area contributed by atoms with Crippen LogP contribution >= 0.6 is 0 Å². The molecule has 0 aliphatic rings. The first-order valence-electron chi connectivity index (χ1n) is 5.04. The van der Waals surface area contributed by atoms with Crippen molar-refractivity contribution in [3.63, 3.8) is 0 Å². The molecule has 1 aromatic rings. The van der Waals surface area contributed by atoms with Crippen LogP contribution in [-0.4, -0.2) is 23.4 Å². The van der Waals surface area contributed by atoms with Crippen LogP contribution in [0, 0.1) is 0 Å². The van der Waals surface area contributed by atoms with Gasteiger partial charge in [-0.15, -0.1) is 0 Å². The monoisotopic (exact) mass is 288 g/mol. The van der Waals surface area contributed by atoms with E-state index < -0.39 is 25.1 Å². The van der Waals surface area contributed by atoms with Crippen molar-refractivity contribution in [3.8, 4) is 0 Å². The van der Waals surface area contributed by atoms with Gasteiger partial charge in [0.05, 0.1) is 18.0 Å². The maximum absolute atomic E-state index is 12.2. The number of nitrogens with two attached hydrogens (primary N) is 1. The molecule has 0 saturated carbocycles. The fraction of sp³-hybridized carbons (Fsp3) is 0.500. The van der Waals surface area contributed by atoms with Crippen LogP contribution in [0.4, 0.5) is 26.3 Å². The highest BCUT2D eigenvalue weighted by molar-refractivity contribution is 5.10. The Morgan fingerprint density at radius 1 is 1.05 bits per heavy atom. The molecule has 0 saturated heterocycles. The summed E-state index contributed by atoms with van der Waals surface area (Å²) in [5.41, 5.74) is 5.54. The summed E-state index contributed by atoms with van der Waals surface area (Å²) < 4.78 is 77.0. The van der Waals surface area contributed by atoms with Crippen LogP contribution in [-0.2, 0) is 17.9 Å². The topological polar surface area (TPSA) is 48.1 Å². The molecule has 3 nitrogen and oxygen atoms in total. The molecule has 2 N–H and O–H groups in total. The number of rotatable bonds is 4. The molecule has 0 atom stereocenters. The molecule has 1 rings (SSSR count). The number of halogens is 6. The molecule has 9 heteroatoms. The van der Waals surface area contributed by atoms with E-state index in [9.17, 15) is 26.3 Å². The normalized spacial score (nSPS) is 13.1. The van der Waals surface area contributed by atoms with E-state index in [-0.39, 0.29) is 12.2 Å². The molecule has 0 fully saturated rings. The van der Waals surface area contributed by atoms with E-state index in [1.807, 2.05) is 0 Å². The third kappa shape index (κ3) is 4.67. The Balaban J connectivity index is 2.77. The molecular formula is C10H10F6N2O. The lowest BCUT2D eigenvalue weighted by Gasteiger charge is -2.22. The number of hydrogen-bond donors (Lipinski definition) is 1. The van der Waals surface area contributed by atoms with Gasteiger partial charge < -0.3 is 10.5 Å². The van der Waals surface area contributed by atoms with Gasteiger partial charge in [0.1, 0.15) is 0 Å². The van der Waals surface area contributed by atoms with E-state index in [0.717, 1.165) is 0 Å². The van der Waals surface area contributed by atoms with E-state index in [0.29, 0.717) is 5.69 Å². The third-order valence-electron chi connectivity index (χ3n) is 2.07. The molecule has 0 unspecified atom stereocenters. The number of alkyl halides is 6. The zero-order valence-electron chi connectivity index (χ0n) is 9.42. The van der Waals surface area contributed by atoms with Crippen molar-refractivity contribution in [2.24, 2.45) is 5.73 Å². The maximum Gasteiger partial charge on any atom is 0.423 e. The van der Waals surface area contributed by atoms with Gasteiger partial charge in [-0.25, -0.2) is 0 Å². The zero-order chi connectivity index (χ0) is 14.7. The Morgan fingerprint density at radius 2 is 1.58 bits per heavy atom. The molecule has 1 heterocycles. The van der Waals surface area contributed by atoms with Crippen LogP contribution in [0.3, 0.4) is 0 Å². The molecular weight excluding hydrogens is 278 g/mol. The largest absolute Gasteiger partial charge is 0.423 e. The summed E-state index contributed by atoms with van der Waals surface area (Å²) in [6.07, 6.45) is -14.9.